The number of esters is 4. The van der Waals surface area contributed by atoms with Crippen LogP contribution in [-0.4, -0.2) is 50.3 Å². The third-order valence-electron chi connectivity index (χ3n) is 5.63. The molecule has 0 saturated carbocycles. The van der Waals surface area contributed by atoms with Gasteiger partial charge in [-0.25, -0.2) is 0 Å². The van der Waals surface area contributed by atoms with Crippen LogP contribution in [0.2, 0.25) is 0 Å². The standard InChI is InChI=1S/C28H50O8/c1-3-5-7-13-21-33-25(29)17-11-9-15-23-35-27(31)19-20-28(32)36-24-16-10-12-18-26(30)34-22-14-8-6-4-2/h3-24H2,1-2H3. The Labute approximate surface area is 218 Å². The molecule has 0 aromatic carbocycles. The van der Waals surface area contributed by atoms with Crippen molar-refractivity contribution in [1.29, 1.82) is 0 Å². The molecule has 8 nitrogen and oxygen atoms in total. The fourth-order valence-corrected chi connectivity index (χ4v) is 3.39. The SMILES string of the molecule is CCCCCCOC(=O)CCCCCOC(=O)CCC(=O)OCCCCCC(=O)OCCCCCC. The minimum atomic E-state index is -0.424. The van der Waals surface area contributed by atoms with Gasteiger partial charge in [0.25, 0.3) is 0 Å². The van der Waals surface area contributed by atoms with Gasteiger partial charge in [0.15, 0.2) is 0 Å². The Balaban J connectivity index is 3.47. The zero-order valence-corrected chi connectivity index (χ0v) is 22.8. The number of unbranched alkanes of at least 4 members (excludes halogenated alkanes) is 10. The predicted octanol–water partition coefficient (Wildman–Crippen LogP) is 6.22. The molecule has 0 aliphatic carbocycles. The van der Waals surface area contributed by atoms with E-state index in [9.17, 15) is 19.2 Å². The summed E-state index contributed by atoms with van der Waals surface area (Å²) in [6.45, 7) is 5.83. The second-order valence-electron chi connectivity index (χ2n) is 9.12. The van der Waals surface area contributed by atoms with Crippen LogP contribution in [0.4, 0.5) is 0 Å². The van der Waals surface area contributed by atoms with Gasteiger partial charge in [-0.05, 0) is 51.4 Å². The maximum Gasteiger partial charge on any atom is 0.306 e. The van der Waals surface area contributed by atoms with E-state index in [1.54, 1.807) is 0 Å². The highest BCUT2D eigenvalue weighted by molar-refractivity contribution is 5.77. The Kier molecular flexibility index (Phi) is 24.4. The molecule has 0 rings (SSSR count). The summed E-state index contributed by atoms with van der Waals surface area (Å²) in [4.78, 5) is 46.7. The third kappa shape index (κ3) is 25.0. The van der Waals surface area contributed by atoms with Gasteiger partial charge in [-0.2, -0.15) is 0 Å². The normalized spacial score (nSPS) is 10.6. The maximum atomic E-state index is 11.7. The van der Waals surface area contributed by atoms with Crippen LogP contribution in [0.15, 0.2) is 0 Å². The lowest BCUT2D eigenvalue weighted by Crippen LogP contribution is -2.11. The smallest absolute Gasteiger partial charge is 0.306 e. The molecule has 210 valence electrons. The van der Waals surface area contributed by atoms with E-state index in [1.165, 1.54) is 0 Å². The first-order valence-corrected chi connectivity index (χ1v) is 14.1. The van der Waals surface area contributed by atoms with E-state index in [0.717, 1.165) is 64.2 Å². The van der Waals surface area contributed by atoms with Crippen LogP contribution in [0.25, 0.3) is 0 Å². The van der Waals surface area contributed by atoms with Crippen LogP contribution >= 0.6 is 0 Å². The molecule has 0 amide bonds. The van der Waals surface area contributed by atoms with E-state index in [2.05, 4.69) is 13.8 Å². The number of hydrogen-bond donors (Lipinski definition) is 0. The summed E-state index contributed by atoms with van der Waals surface area (Å²) in [6.07, 6.45) is 13.7. The lowest BCUT2D eigenvalue weighted by atomic mass is 10.2. The molecule has 0 aliphatic rings. The molecule has 0 unspecified atom stereocenters. The van der Waals surface area contributed by atoms with Crippen LogP contribution in [0.3, 0.4) is 0 Å². The molecule has 36 heavy (non-hydrogen) atoms. The first kappa shape index (κ1) is 33.9. The second kappa shape index (κ2) is 26.0. The summed E-state index contributed by atoms with van der Waals surface area (Å²) >= 11 is 0. The fraction of sp³-hybridized carbons (Fsp3) is 0.857. The van der Waals surface area contributed by atoms with Crippen LogP contribution in [0.5, 0.6) is 0 Å². The quantitative estimate of drug-likeness (QED) is 0.0803. The Bertz CT molecular complexity index is 526. The fourth-order valence-electron chi connectivity index (χ4n) is 3.39. The van der Waals surface area contributed by atoms with Gasteiger partial charge in [0.2, 0.25) is 0 Å². The second-order valence-corrected chi connectivity index (χ2v) is 9.12. The topological polar surface area (TPSA) is 105 Å². The summed E-state index contributed by atoms with van der Waals surface area (Å²) < 4.78 is 20.6. The highest BCUT2D eigenvalue weighted by Crippen LogP contribution is 2.07. The van der Waals surface area contributed by atoms with Gasteiger partial charge in [-0.15, -0.1) is 0 Å². The maximum absolute atomic E-state index is 11.7. The number of rotatable bonds is 25. The average molecular weight is 515 g/mol. The van der Waals surface area contributed by atoms with Crippen LogP contribution in [0.1, 0.15) is 129 Å². The molecule has 8 heteroatoms. The van der Waals surface area contributed by atoms with E-state index in [4.69, 9.17) is 18.9 Å². The largest absolute Gasteiger partial charge is 0.466 e. The molecule has 0 aliphatic heterocycles. The van der Waals surface area contributed by atoms with E-state index < -0.39 is 11.9 Å². The molecule has 0 radical (unpaired) electrons. The molecule has 0 aromatic heterocycles. The Morgan fingerprint density at radius 3 is 0.944 bits per heavy atom. The van der Waals surface area contributed by atoms with Gasteiger partial charge in [0, 0.05) is 12.8 Å². The lowest BCUT2D eigenvalue weighted by Gasteiger charge is -2.07. The van der Waals surface area contributed by atoms with Crippen molar-refractivity contribution >= 4 is 23.9 Å². The van der Waals surface area contributed by atoms with Crippen LogP contribution in [-0.2, 0) is 38.1 Å². The monoisotopic (exact) mass is 514 g/mol. The number of ether oxygens (including phenoxy) is 4. The van der Waals surface area contributed by atoms with Crippen molar-refractivity contribution in [2.24, 2.45) is 0 Å². The van der Waals surface area contributed by atoms with Crippen molar-refractivity contribution < 1.29 is 38.1 Å². The molecule has 0 atom stereocenters. The first-order chi connectivity index (χ1) is 17.5. The number of carbonyl (C=O) groups is 4. The molecule has 0 aromatic rings. The van der Waals surface area contributed by atoms with E-state index in [1.807, 2.05) is 0 Å². The van der Waals surface area contributed by atoms with Gasteiger partial charge in [0.05, 0.1) is 39.3 Å². The minimum Gasteiger partial charge on any atom is -0.466 e. The van der Waals surface area contributed by atoms with Crippen molar-refractivity contribution in [1.82, 2.24) is 0 Å². The molecule has 0 spiro atoms. The summed E-state index contributed by atoms with van der Waals surface area (Å²) in [5.74, 6) is -1.19. The zero-order chi connectivity index (χ0) is 26.7. The first-order valence-electron chi connectivity index (χ1n) is 14.1. The van der Waals surface area contributed by atoms with Crippen molar-refractivity contribution in [2.45, 2.75) is 129 Å². The molecule has 0 fully saturated rings. The molecular weight excluding hydrogens is 464 g/mol. The molecule has 0 heterocycles. The van der Waals surface area contributed by atoms with Crippen LogP contribution in [0, 0.1) is 0 Å². The third-order valence-corrected chi connectivity index (χ3v) is 5.63. The van der Waals surface area contributed by atoms with E-state index >= 15 is 0 Å². The zero-order valence-electron chi connectivity index (χ0n) is 22.8. The molecule has 0 N–H and O–H groups in total. The summed E-state index contributed by atoms with van der Waals surface area (Å²) in [5.41, 5.74) is 0. The predicted molar refractivity (Wildman–Crippen MR) is 138 cm³/mol. The average Bonchev–Trinajstić information content (AvgIpc) is 2.86. The summed E-state index contributed by atoms with van der Waals surface area (Å²) in [6, 6.07) is 0. The van der Waals surface area contributed by atoms with Gasteiger partial charge < -0.3 is 18.9 Å². The highest BCUT2D eigenvalue weighted by atomic mass is 16.5. The van der Waals surface area contributed by atoms with Crippen LogP contribution < -0.4 is 0 Å². The Morgan fingerprint density at radius 1 is 0.361 bits per heavy atom. The minimum absolute atomic E-state index is 0.00666. The lowest BCUT2D eigenvalue weighted by molar-refractivity contribution is -0.150. The van der Waals surface area contributed by atoms with Gasteiger partial charge >= 0.3 is 23.9 Å². The Hall–Kier alpha value is -2.12. The Morgan fingerprint density at radius 2 is 0.639 bits per heavy atom. The van der Waals surface area contributed by atoms with E-state index in [0.29, 0.717) is 51.7 Å². The molecular formula is C28H50O8. The van der Waals surface area contributed by atoms with E-state index in [-0.39, 0.29) is 38.0 Å². The van der Waals surface area contributed by atoms with Crippen molar-refractivity contribution in [3.8, 4) is 0 Å². The van der Waals surface area contributed by atoms with Crippen molar-refractivity contribution in [3.05, 3.63) is 0 Å². The number of hydrogen-bond acceptors (Lipinski definition) is 8. The molecule has 0 saturated heterocycles. The highest BCUT2D eigenvalue weighted by Gasteiger charge is 2.10. The number of carbonyl (C=O) groups excluding carboxylic acids is 4. The summed E-state index contributed by atoms with van der Waals surface area (Å²) in [7, 11) is 0. The van der Waals surface area contributed by atoms with Gasteiger partial charge in [-0.3, -0.25) is 19.2 Å². The van der Waals surface area contributed by atoms with Gasteiger partial charge in [0.1, 0.15) is 0 Å². The molecule has 0 bridgehead atoms. The van der Waals surface area contributed by atoms with Crippen molar-refractivity contribution in [2.75, 3.05) is 26.4 Å². The van der Waals surface area contributed by atoms with Gasteiger partial charge in [-0.1, -0.05) is 52.4 Å². The van der Waals surface area contributed by atoms with Crippen molar-refractivity contribution in [3.63, 3.8) is 0 Å². The summed E-state index contributed by atoms with van der Waals surface area (Å²) in [5, 5.41) is 0.